The summed E-state index contributed by atoms with van der Waals surface area (Å²) in [4.78, 5) is 37.0. The molecule has 1 aromatic heterocycles. The summed E-state index contributed by atoms with van der Waals surface area (Å²) >= 11 is 6.27. The van der Waals surface area contributed by atoms with Crippen LogP contribution in [-0.2, 0) is 11.3 Å². The first-order valence-electron chi connectivity index (χ1n) is 17.0. The van der Waals surface area contributed by atoms with Gasteiger partial charge in [0.15, 0.2) is 0 Å². The van der Waals surface area contributed by atoms with Crippen LogP contribution in [0.5, 0.6) is 5.75 Å². The van der Waals surface area contributed by atoms with Crippen molar-refractivity contribution < 1.29 is 19.1 Å². The molecule has 3 fully saturated rings. The van der Waals surface area contributed by atoms with Crippen LogP contribution in [-0.4, -0.2) is 82.2 Å². The Hall–Kier alpha value is -3.79. The number of hydrogen-bond acceptors (Lipinski definition) is 7. The Balaban J connectivity index is 1.02. The SMILES string of the molecule is CC(C)(C)OC(=O)N1CC(CN2CCC(C#Cc3ccc4c(n3)CN([C@H]3C(C)(C)[C@H](Oc5ccc(C#N)c(Cl)c5)C3(C)C)C4=O)CC2)C1. The Bertz CT molecular complexity index is 1680. The second kappa shape index (κ2) is 12.6. The molecular formula is C38H46ClN5O4. The number of amides is 2. The zero-order chi connectivity index (χ0) is 34.6. The number of aromatic nitrogens is 1. The summed E-state index contributed by atoms with van der Waals surface area (Å²) in [5, 5.41) is 9.58. The van der Waals surface area contributed by atoms with Gasteiger partial charge < -0.3 is 24.2 Å². The molecule has 2 saturated heterocycles. The third kappa shape index (κ3) is 6.60. The normalized spacial score (nSPS) is 23.7. The minimum absolute atomic E-state index is 0.00363. The average molecular weight is 672 g/mol. The van der Waals surface area contributed by atoms with E-state index >= 15 is 0 Å². The van der Waals surface area contributed by atoms with Crippen LogP contribution >= 0.6 is 11.6 Å². The molecule has 0 N–H and O–H groups in total. The van der Waals surface area contributed by atoms with Gasteiger partial charge in [0.2, 0.25) is 0 Å². The zero-order valence-electron chi connectivity index (χ0n) is 29.1. The molecule has 48 heavy (non-hydrogen) atoms. The summed E-state index contributed by atoms with van der Waals surface area (Å²) in [7, 11) is 0. The first-order valence-corrected chi connectivity index (χ1v) is 17.3. The van der Waals surface area contributed by atoms with Crippen molar-refractivity contribution in [1.29, 1.82) is 5.26 Å². The van der Waals surface area contributed by atoms with Crippen LogP contribution < -0.4 is 4.74 Å². The Morgan fingerprint density at radius 1 is 1.08 bits per heavy atom. The first kappa shape index (κ1) is 34.1. The molecule has 2 aromatic rings. The molecule has 9 nitrogen and oxygen atoms in total. The Kier molecular flexibility index (Phi) is 8.94. The molecule has 2 amide bonds. The summed E-state index contributed by atoms with van der Waals surface area (Å²) in [5.74, 6) is 8.18. The highest BCUT2D eigenvalue weighted by atomic mass is 35.5. The van der Waals surface area contributed by atoms with Gasteiger partial charge in [-0.2, -0.15) is 5.26 Å². The number of carbonyl (C=O) groups excluding carboxylic acids is 2. The van der Waals surface area contributed by atoms with Crippen LogP contribution in [0.2, 0.25) is 5.02 Å². The predicted molar refractivity (Wildman–Crippen MR) is 183 cm³/mol. The van der Waals surface area contributed by atoms with E-state index in [1.54, 1.807) is 23.1 Å². The van der Waals surface area contributed by atoms with Gasteiger partial charge in [0.1, 0.15) is 29.2 Å². The molecule has 0 unspecified atom stereocenters. The van der Waals surface area contributed by atoms with E-state index in [1.165, 1.54) is 0 Å². The van der Waals surface area contributed by atoms with Gasteiger partial charge >= 0.3 is 6.09 Å². The van der Waals surface area contributed by atoms with E-state index in [-0.39, 0.29) is 35.0 Å². The van der Waals surface area contributed by atoms with E-state index < -0.39 is 5.60 Å². The highest BCUT2D eigenvalue weighted by Crippen LogP contribution is 2.59. The van der Waals surface area contributed by atoms with Crippen LogP contribution in [0.4, 0.5) is 4.79 Å². The van der Waals surface area contributed by atoms with Crippen molar-refractivity contribution >= 4 is 23.6 Å². The van der Waals surface area contributed by atoms with Crippen molar-refractivity contribution in [3.05, 3.63) is 57.9 Å². The zero-order valence-corrected chi connectivity index (χ0v) is 29.9. The van der Waals surface area contributed by atoms with Crippen LogP contribution in [0.15, 0.2) is 30.3 Å². The molecule has 1 saturated carbocycles. The number of likely N-dealkylation sites (tertiary alicyclic amines) is 2. The van der Waals surface area contributed by atoms with Crippen molar-refractivity contribution in [1.82, 2.24) is 19.7 Å². The summed E-state index contributed by atoms with van der Waals surface area (Å²) < 4.78 is 11.9. The maximum Gasteiger partial charge on any atom is 0.410 e. The Morgan fingerprint density at radius 2 is 1.77 bits per heavy atom. The second-order valence-corrected chi connectivity index (χ2v) is 16.4. The summed E-state index contributed by atoms with van der Waals surface area (Å²) in [5.41, 5.74) is 1.39. The molecule has 0 spiro atoms. The highest BCUT2D eigenvalue weighted by molar-refractivity contribution is 6.31. The van der Waals surface area contributed by atoms with E-state index in [1.807, 2.05) is 37.8 Å². The van der Waals surface area contributed by atoms with Crippen molar-refractivity contribution in [3.8, 4) is 23.7 Å². The number of piperidine rings is 1. The molecule has 0 radical (unpaired) electrons. The van der Waals surface area contributed by atoms with Gasteiger partial charge in [-0.15, -0.1) is 0 Å². The van der Waals surface area contributed by atoms with Crippen molar-refractivity contribution in [2.75, 3.05) is 32.7 Å². The Morgan fingerprint density at radius 3 is 2.40 bits per heavy atom. The summed E-state index contributed by atoms with van der Waals surface area (Å²) in [6, 6.07) is 10.9. The van der Waals surface area contributed by atoms with Crippen molar-refractivity contribution in [3.63, 3.8) is 0 Å². The molecule has 0 atom stereocenters. The molecule has 3 aliphatic heterocycles. The van der Waals surface area contributed by atoms with E-state index in [0.717, 1.165) is 51.3 Å². The third-order valence-electron chi connectivity index (χ3n) is 10.3. The van der Waals surface area contributed by atoms with Gasteiger partial charge in [0.05, 0.1) is 28.4 Å². The smallest absolute Gasteiger partial charge is 0.410 e. The van der Waals surface area contributed by atoms with Crippen molar-refractivity contribution in [2.45, 2.75) is 85.6 Å². The maximum absolute atomic E-state index is 13.7. The fourth-order valence-electron chi connectivity index (χ4n) is 8.46. The minimum Gasteiger partial charge on any atom is -0.489 e. The number of benzene rings is 1. The largest absolute Gasteiger partial charge is 0.489 e. The quantitative estimate of drug-likeness (QED) is 0.341. The molecule has 254 valence electrons. The van der Waals surface area contributed by atoms with Crippen molar-refractivity contribution in [2.24, 2.45) is 22.7 Å². The monoisotopic (exact) mass is 671 g/mol. The van der Waals surface area contributed by atoms with Gasteiger partial charge in [0, 0.05) is 54.4 Å². The molecule has 6 rings (SSSR count). The maximum atomic E-state index is 13.7. The fourth-order valence-corrected chi connectivity index (χ4v) is 8.67. The molecule has 4 heterocycles. The van der Waals surface area contributed by atoms with Crippen LogP contribution in [0, 0.1) is 45.8 Å². The van der Waals surface area contributed by atoms with Gasteiger partial charge in [-0.25, -0.2) is 9.78 Å². The summed E-state index contributed by atoms with van der Waals surface area (Å²) in [6.45, 7) is 19.2. The number of fused-ring (bicyclic) bond motifs is 1. The molecule has 0 bridgehead atoms. The molecular weight excluding hydrogens is 626 g/mol. The van der Waals surface area contributed by atoms with Gasteiger partial charge in [-0.1, -0.05) is 45.2 Å². The van der Waals surface area contributed by atoms with Gasteiger partial charge in [-0.05, 0) is 76.9 Å². The number of pyridine rings is 1. The highest BCUT2D eigenvalue weighted by Gasteiger charge is 2.67. The predicted octanol–water partition coefficient (Wildman–Crippen LogP) is 6.38. The number of hydrogen-bond donors (Lipinski definition) is 0. The van der Waals surface area contributed by atoms with Gasteiger partial charge in [-0.3, -0.25) is 4.79 Å². The lowest BCUT2D eigenvalue weighted by Gasteiger charge is -2.65. The van der Waals surface area contributed by atoms with E-state index in [9.17, 15) is 14.9 Å². The van der Waals surface area contributed by atoms with E-state index in [4.69, 9.17) is 26.1 Å². The number of rotatable bonds is 5. The minimum atomic E-state index is -0.464. The Labute approximate surface area is 289 Å². The molecule has 1 aromatic carbocycles. The molecule has 10 heteroatoms. The van der Waals surface area contributed by atoms with Crippen LogP contribution in [0.1, 0.15) is 88.6 Å². The molecule has 1 aliphatic carbocycles. The summed E-state index contributed by atoms with van der Waals surface area (Å²) in [6.07, 6.45) is 1.63. The number of carbonyl (C=O) groups is 2. The van der Waals surface area contributed by atoms with Gasteiger partial charge in [0.25, 0.3) is 5.91 Å². The average Bonchev–Trinajstić information content (AvgIpc) is 3.29. The third-order valence-corrected chi connectivity index (χ3v) is 10.6. The number of nitrogens with zero attached hydrogens (tertiary/aromatic N) is 5. The van der Waals surface area contributed by atoms with E-state index in [2.05, 4.69) is 50.5 Å². The topological polar surface area (TPSA) is 99.0 Å². The molecule has 4 aliphatic rings. The number of halogens is 1. The van der Waals surface area contributed by atoms with E-state index in [0.29, 0.717) is 46.0 Å². The number of ether oxygens (including phenoxy) is 2. The van der Waals surface area contributed by atoms with Crippen LogP contribution in [0.3, 0.4) is 0 Å². The lowest BCUT2D eigenvalue weighted by atomic mass is 9.49. The first-order chi connectivity index (χ1) is 22.6. The standard InChI is InChI=1S/C38H46ClN5O4/c1-36(2,3)48-35(46)43-21-25(22-43)20-42-16-14-24(15-17-42)8-10-27-11-13-29-31(41-27)23-44(32(29)45)33-37(4,5)34(38(33,6)7)47-28-12-9-26(19-40)30(39)18-28/h9,11-13,18,24-25,33-34H,14-17,20-23H2,1-7H3/t33-,34-. The number of nitriles is 1. The fraction of sp³-hybridized carbons (Fsp3) is 0.579. The second-order valence-electron chi connectivity index (χ2n) is 16.0. The lowest BCUT2D eigenvalue weighted by Crippen LogP contribution is -2.74. The van der Waals surface area contributed by atoms with Crippen LogP contribution in [0.25, 0.3) is 0 Å². The lowest BCUT2D eigenvalue weighted by molar-refractivity contribution is -0.199.